The quantitative estimate of drug-likeness (QED) is 0.238. The number of thiocarbonyl (C=S) groups is 4. The minimum Gasteiger partial charge on any atom is -0.393 e. The number of hydrogen-bond acceptors (Lipinski definition) is 8. The molecule has 0 radical (unpaired) electrons. The maximum atomic E-state index is 10.8. The first-order valence-electron chi connectivity index (χ1n) is 13.6. The summed E-state index contributed by atoms with van der Waals surface area (Å²) in [7, 11) is 0. The lowest BCUT2D eigenvalue weighted by atomic mass is 9.88. The highest BCUT2D eigenvalue weighted by molar-refractivity contribution is 8.03. The zero-order valence-electron chi connectivity index (χ0n) is 22.8. The fourth-order valence-corrected chi connectivity index (χ4v) is 10.9. The van der Waals surface area contributed by atoms with Crippen molar-refractivity contribution in [2.75, 3.05) is 11.5 Å². The molecule has 0 amide bonds. The van der Waals surface area contributed by atoms with E-state index >= 15 is 0 Å². The molecule has 4 rings (SSSR count). The monoisotopic (exact) mass is 628 g/mol. The van der Waals surface area contributed by atoms with Gasteiger partial charge in [-0.2, -0.15) is 0 Å². The highest BCUT2D eigenvalue weighted by Gasteiger charge is 2.42. The van der Waals surface area contributed by atoms with Crippen LogP contribution in [0.5, 0.6) is 0 Å². The molecule has 4 atom stereocenters. The Balaban J connectivity index is 1.23. The van der Waals surface area contributed by atoms with E-state index in [1.807, 2.05) is 23.5 Å². The van der Waals surface area contributed by atoms with E-state index in [4.69, 9.17) is 48.9 Å². The summed E-state index contributed by atoms with van der Waals surface area (Å²) in [5.74, 6) is 2.82. The summed E-state index contributed by atoms with van der Waals surface area (Å²) in [6, 6.07) is 0. The maximum absolute atomic E-state index is 10.8. The number of nitrogens with zero attached hydrogens (tertiary/aromatic N) is 2. The van der Waals surface area contributed by atoms with E-state index < -0.39 is 12.2 Å². The molecule has 0 saturated carbocycles. The van der Waals surface area contributed by atoms with Gasteiger partial charge in [-0.1, -0.05) is 48.9 Å². The Kier molecular flexibility index (Phi) is 10.2. The van der Waals surface area contributed by atoms with Crippen molar-refractivity contribution in [1.82, 2.24) is 9.80 Å². The molecule has 4 aliphatic heterocycles. The summed E-state index contributed by atoms with van der Waals surface area (Å²) in [5.41, 5.74) is -0.519. The summed E-state index contributed by atoms with van der Waals surface area (Å²) in [6.45, 7) is 8.64. The van der Waals surface area contributed by atoms with Gasteiger partial charge in [-0.25, -0.2) is 0 Å². The predicted molar refractivity (Wildman–Crippen MR) is 179 cm³/mol. The van der Waals surface area contributed by atoms with Gasteiger partial charge in [-0.3, -0.25) is 0 Å². The molecule has 0 aromatic carbocycles. The standard InChI is InChI=1S/C28H40N2O2S6/c1-27(2,29-23(33)15-21-19(25(29)35)9-13-37-21)11-7-17(31)5-6-18(32)8-12-28(3,4)30-24(34)16-22-20(26(30)36)10-14-38-22/h15-20,31-32H,5-14H2,1-4H3. The molecule has 2 saturated heterocycles. The molecular weight excluding hydrogens is 589 g/mol. The fraction of sp³-hybridized carbons (Fsp3) is 0.714. The Bertz CT molecular complexity index is 970. The molecule has 0 aromatic heterocycles. The molecule has 4 nitrogen and oxygen atoms in total. The van der Waals surface area contributed by atoms with Crippen molar-refractivity contribution >= 4 is 92.3 Å². The van der Waals surface area contributed by atoms with E-state index in [1.165, 1.54) is 9.81 Å². The Morgan fingerprint density at radius 3 is 1.47 bits per heavy atom. The first-order valence-corrected chi connectivity index (χ1v) is 17.2. The van der Waals surface area contributed by atoms with Crippen LogP contribution in [0.2, 0.25) is 0 Å². The third-order valence-corrected chi connectivity index (χ3v) is 12.2. The Hall–Kier alpha value is 0.0600. The number of aliphatic hydroxyl groups excluding tert-OH is 2. The van der Waals surface area contributed by atoms with Crippen molar-refractivity contribution in [3.63, 3.8) is 0 Å². The van der Waals surface area contributed by atoms with E-state index in [1.54, 1.807) is 0 Å². The molecule has 10 heteroatoms. The molecule has 2 N–H and O–H groups in total. The second-order valence-electron chi connectivity index (χ2n) is 12.1. The summed E-state index contributed by atoms with van der Waals surface area (Å²) in [5, 5.41) is 21.5. The van der Waals surface area contributed by atoms with Crippen LogP contribution in [0.1, 0.15) is 79.1 Å². The molecule has 38 heavy (non-hydrogen) atoms. The number of rotatable bonds is 11. The normalized spacial score (nSPS) is 25.8. The second-order valence-corrected chi connectivity index (χ2v) is 16.1. The van der Waals surface area contributed by atoms with Gasteiger partial charge in [-0.15, -0.1) is 23.5 Å². The van der Waals surface area contributed by atoms with E-state index in [0.29, 0.717) is 37.5 Å². The molecule has 210 valence electrons. The van der Waals surface area contributed by atoms with Gasteiger partial charge < -0.3 is 20.0 Å². The van der Waals surface area contributed by atoms with Gasteiger partial charge in [0, 0.05) is 22.9 Å². The minimum absolute atomic E-state index is 0.259. The average molecular weight is 629 g/mol. The Morgan fingerprint density at radius 2 is 1.11 bits per heavy atom. The third-order valence-electron chi connectivity index (χ3n) is 8.27. The van der Waals surface area contributed by atoms with Gasteiger partial charge in [0.1, 0.15) is 9.98 Å². The van der Waals surface area contributed by atoms with Gasteiger partial charge in [0.05, 0.1) is 22.2 Å². The fourth-order valence-electron chi connectivity index (χ4n) is 5.88. The molecule has 0 aromatic rings. The first-order chi connectivity index (χ1) is 17.8. The molecule has 0 aliphatic carbocycles. The number of hydrogen-bond donors (Lipinski definition) is 2. The summed E-state index contributed by atoms with van der Waals surface area (Å²) < 4.78 is 0. The largest absolute Gasteiger partial charge is 0.393 e. The molecule has 0 bridgehead atoms. The zero-order chi connectivity index (χ0) is 27.8. The molecule has 4 aliphatic rings. The van der Waals surface area contributed by atoms with Gasteiger partial charge >= 0.3 is 0 Å². The van der Waals surface area contributed by atoms with Gasteiger partial charge in [0.15, 0.2) is 0 Å². The van der Waals surface area contributed by atoms with Crippen molar-refractivity contribution < 1.29 is 10.2 Å². The van der Waals surface area contributed by atoms with Crippen LogP contribution in [0.3, 0.4) is 0 Å². The predicted octanol–water partition coefficient (Wildman–Crippen LogP) is 6.82. The maximum Gasteiger partial charge on any atom is 0.108 e. The van der Waals surface area contributed by atoms with Crippen LogP contribution in [0.25, 0.3) is 0 Å². The van der Waals surface area contributed by atoms with E-state index in [2.05, 4.69) is 49.6 Å². The van der Waals surface area contributed by atoms with Crippen LogP contribution in [-0.4, -0.2) is 74.8 Å². The summed E-state index contributed by atoms with van der Waals surface area (Å²) in [4.78, 5) is 10.3. The van der Waals surface area contributed by atoms with Crippen LogP contribution in [0.15, 0.2) is 22.0 Å². The smallest absolute Gasteiger partial charge is 0.108 e. The van der Waals surface area contributed by atoms with E-state index in [0.717, 1.165) is 57.1 Å². The number of aliphatic hydroxyl groups is 2. The van der Waals surface area contributed by atoms with Crippen LogP contribution in [-0.2, 0) is 0 Å². The van der Waals surface area contributed by atoms with Crippen molar-refractivity contribution in [1.29, 1.82) is 0 Å². The minimum atomic E-state index is -0.470. The highest BCUT2D eigenvalue weighted by Crippen LogP contribution is 2.44. The lowest BCUT2D eigenvalue weighted by molar-refractivity contribution is 0.0882. The second kappa shape index (κ2) is 12.5. The summed E-state index contributed by atoms with van der Waals surface area (Å²) in [6.07, 6.45) is 9.45. The molecule has 4 heterocycles. The average Bonchev–Trinajstić information content (AvgIpc) is 3.49. The van der Waals surface area contributed by atoms with Crippen molar-refractivity contribution in [3.8, 4) is 0 Å². The molecule has 0 spiro atoms. The van der Waals surface area contributed by atoms with Crippen LogP contribution in [0, 0.1) is 11.8 Å². The number of thioether (sulfide) groups is 2. The lowest BCUT2D eigenvalue weighted by Gasteiger charge is -2.44. The van der Waals surface area contributed by atoms with Crippen molar-refractivity contribution in [3.05, 3.63) is 22.0 Å². The molecule has 2 fully saturated rings. The van der Waals surface area contributed by atoms with Gasteiger partial charge in [0.2, 0.25) is 0 Å². The third kappa shape index (κ3) is 6.75. The molecule has 4 unspecified atom stereocenters. The molecular formula is C28H40N2O2S6. The van der Waals surface area contributed by atoms with Crippen LogP contribution < -0.4 is 0 Å². The van der Waals surface area contributed by atoms with E-state index in [-0.39, 0.29) is 11.1 Å². The van der Waals surface area contributed by atoms with E-state index in [9.17, 15) is 10.2 Å². The highest BCUT2D eigenvalue weighted by atomic mass is 32.2. The lowest BCUT2D eigenvalue weighted by Crippen LogP contribution is -2.53. The SMILES string of the molecule is CC(C)(CCC(O)CCC(O)CCC(C)(C)N1C(=S)C=C2SCCC2C1=S)N1C(=S)C=C2SCCC2C1=S. The first kappa shape index (κ1) is 31.0. The Labute approximate surface area is 258 Å². The van der Waals surface area contributed by atoms with Crippen LogP contribution in [0.4, 0.5) is 0 Å². The van der Waals surface area contributed by atoms with Gasteiger partial charge in [-0.05, 0) is 113 Å². The van der Waals surface area contributed by atoms with Crippen molar-refractivity contribution in [2.24, 2.45) is 11.8 Å². The van der Waals surface area contributed by atoms with Gasteiger partial charge in [0.25, 0.3) is 0 Å². The Morgan fingerprint density at radius 1 is 0.737 bits per heavy atom. The zero-order valence-corrected chi connectivity index (χ0v) is 27.7. The topological polar surface area (TPSA) is 46.9 Å². The summed E-state index contributed by atoms with van der Waals surface area (Å²) >= 11 is 26.9. The van der Waals surface area contributed by atoms with Crippen LogP contribution >= 0.6 is 72.4 Å². The van der Waals surface area contributed by atoms with Crippen molar-refractivity contribution in [2.45, 2.75) is 102 Å². The number of fused-ring (bicyclic) bond motifs is 2.